The van der Waals surface area contributed by atoms with Gasteiger partial charge in [0.25, 0.3) is 11.8 Å². The molecule has 1 saturated heterocycles. The molecule has 0 radical (unpaired) electrons. The van der Waals surface area contributed by atoms with E-state index in [-0.39, 0.29) is 11.8 Å². The Balaban J connectivity index is 0.00000180. The molecule has 2 aromatic carbocycles. The number of amides is 2. The van der Waals surface area contributed by atoms with Crippen LogP contribution in [0.15, 0.2) is 67.0 Å². The standard InChI is InChI=1S/C33H34ClN5O2.C2H6/c1-22-9-10-25(21-28(22)34)30-29(23-11-15-35-16-12-23)36-31(37-30)24-13-19-38(20-14-24)17-5-2-6-18-39-32(40)26-7-3-4-8-27(26)33(39)41;1-2/h3-4,7-12,15-16,21,24H,2,5-6,13-14,17-20H2,1H3,(H,36,37);1-2H3. The Hall–Kier alpha value is -3.81. The van der Waals surface area contributed by atoms with Crippen LogP contribution in [0.25, 0.3) is 22.5 Å². The van der Waals surface area contributed by atoms with Crippen LogP contribution in [-0.4, -0.2) is 62.7 Å². The van der Waals surface area contributed by atoms with E-state index >= 15 is 0 Å². The molecule has 0 bridgehead atoms. The number of aryl methyl sites for hydroxylation is 1. The number of benzene rings is 2. The van der Waals surface area contributed by atoms with Gasteiger partial charge in [-0.15, -0.1) is 0 Å². The Morgan fingerprint density at radius 3 is 2.16 bits per heavy atom. The molecule has 7 nitrogen and oxygen atoms in total. The number of aromatic nitrogens is 3. The quantitative estimate of drug-likeness (QED) is 0.157. The molecule has 224 valence electrons. The van der Waals surface area contributed by atoms with Crippen molar-refractivity contribution in [1.82, 2.24) is 24.8 Å². The Labute approximate surface area is 259 Å². The zero-order valence-electron chi connectivity index (χ0n) is 25.3. The third kappa shape index (κ3) is 6.73. The number of nitrogens with one attached hydrogen (secondary N) is 1. The normalized spacial score (nSPS) is 15.4. The van der Waals surface area contributed by atoms with Crippen LogP contribution in [0, 0.1) is 6.92 Å². The van der Waals surface area contributed by atoms with Crippen LogP contribution in [0.3, 0.4) is 0 Å². The minimum atomic E-state index is -0.161. The third-order valence-electron chi connectivity index (χ3n) is 8.34. The van der Waals surface area contributed by atoms with E-state index < -0.39 is 0 Å². The van der Waals surface area contributed by atoms with Crippen molar-refractivity contribution in [2.24, 2.45) is 0 Å². The summed E-state index contributed by atoms with van der Waals surface area (Å²) in [5.41, 5.74) is 6.10. The van der Waals surface area contributed by atoms with Gasteiger partial charge < -0.3 is 9.88 Å². The highest BCUT2D eigenvalue weighted by Gasteiger charge is 2.34. The Morgan fingerprint density at radius 1 is 0.860 bits per heavy atom. The molecular formula is C35H40ClN5O2. The number of hydrogen-bond acceptors (Lipinski definition) is 5. The number of carbonyl (C=O) groups is 2. The predicted octanol–water partition coefficient (Wildman–Crippen LogP) is 7.77. The molecular weight excluding hydrogens is 558 g/mol. The van der Waals surface area contributed by atoms with Gasteiger partial charge in [0.1, 0.15) is 5.82 Å². The highest BCUT2D eigenvalue weighted by molar-refractivity contribution is 6.31. The number of likely N-dealkylation sites (tertiary alicyclic amines) is 1. The van der Waals surface area contributed by atoms with Crippen LogP contribution in [0.2, 0.25) is 5.02 Å². The molecule has 4 aromatic rings. The zero-order chi connectivity index (χ0) is 30.3. The number of hydrogen-bond donors (Lipinski definition) is 1. The van der Waals surface area contributed by atoms with Gasteiger partial charge in [-0.3, -0.25) is 19.5 Å². The smallest absolute Gasteiger partial charge is 0.261 e. The van der Waals surface area contributed by atoms with Crippen molar-refractivity contribution >= 4 is 23.4 Å². The van der Waals surface area contributed by atoms with E-state index in [1.165, 1.54) is 4.90 Å². The van der Waals surface area contributed by atoms with Crippen LogP contribution in [0.4, 0.5) is 0 Å². The van der Waals surface area contributed by atoms with Crippen molar-refractivity contribution in [3.05, 3.63) is 94.5 Å². The molecule has 0 atom stereocenters. The summed E-state index contributed by atoms with van der Waals surface area (Å²) >= 11 is 6.47. The first-order chi connectivity index (χ1) is 21.0. The van der Waals surface area contributed by atoms with Crippen molar-refractivity contribution in [2.45, 2.75) is 58.8 Å². The fourth-order valence-electron chi connectivity index (χ4n) is 5.92. The lowest BCUT2D eigenvalue weighted by Gasteiger charge is -2.31. The summed E-state index contributed by atoms with van der Waals surface area (Å²) in [6.45, 7) is 9.58. The van der Waals surface area contributed by atoms with Crippen molar-refractivity contribution < 1.29 is 9.59 Å². The van der Waals surface area contributed by atoms with Crippen LogP contribution < -0.4 is 0 Å². The summed E-state index contributed by atoms with van der Waals surface area (Å²) in [6.07, 6.45) is 8.58. The number of aromatic amines is 1. The van der Waals surface area contributed by atoms with E-state index in [4.69, 9.17) is 16.6 Å². The van der Waals surface area contributed by atoms with Crippen LogP contribution in [0.5, 0.6) is 0 Å². The second kappa shape index (κ2) is 14.1. The van der Waals surface area contributed by atoms with Crippen molar-refractivity contribution in [2.75, 3.05) is 26.2 Å². The van der Waals surface area contributed by atoms with E-state index in [1.807, 2.05) is 57.2 Å². The Kier molecular flexibility index (Phi) is 10.1. The largest absolute Gasteiger partial charge is 0.341 e. The number of imidazole rings is 1. The van der Waals surface area contributed by atoms with Gasteiger partial charge in [-0.2, -0.15) is 0 Å². The van der Waals surface area contributed by atoms with Crippen LogP contribution >= 0.6 is 11.6 Å². The number of pyridine rings is 1. The third-order valence-corrected chi connectivity index (χ3v) is 8.75. The van der Waals surface area contributed by atoms with Crippen molar-refractivity contribution in [3.8, 4) is 22.5 Å². The maximum atomic E-state index is 12.6. The van der Waals surface area contributed by atoms with Gasteiger partial charge in [0, 0.05) is 41.0 Å². The zero-order valence-corrected chi connectivity index (χ0v) is 26.0. The first kappa shape index (κ1) is 30.6. The lowest BCUT2D eigenvalue weighted by molar-refractivity contribution is 0.0651. The van der Waals surface area contributed by atoms with Crippen LogP contribution in [-0.2, 0) is 0 Å². The highest BCUT2D eigenvalue weighted by atomic mass is 35.5. The molecule has 0 saturated carbocycles. The minimum Gasteiger partial charge on any atom is -0.341 e. The number of nitrogens with zero attached hydrogens (tertiary/aromatic N) is 4. The van der Waals surface area contributed by atoms with E-state index in [2.05, 4.69) is 20.9 Å². The van der Waals surface area contributed by atoms with Gasteiger partial charge in [0.2, 0.25) is 0 Å². The van der Waals surface area contributed by atoms with Crippen molar-refractivity contribution in [1.29, 1.82) is 0 Å². The SMILES string of the molecule is CC.Cc1ccc(-c2nc(C3CCN(CCCCCN4C(=O)c5ccccc5C4=O)CC3)[nH]c2-c2ccncc2)cc1Cl. The number of carbonyl (C=O) groups excluding carboxylic acids is 2. The molecule has 2 aliphatic rings. The topological polar surface area (TPSA) is 82.2 Å². The second-order valence-electron chi connectivity index (χ2n) is 11.0. The molecule has 2 aliphatic heterocycles. The van der Waals surface area contributed by atoms with E-state index in [0.717, 1.165) is 90.7 Å². The number of rotatable bonds is 9. The molecule has 2 amide bonds. The lowest BCUT2D eigenvalue weighted by Crippen LogP contribution is -2.34. The molecule has 6 rings (SSSR count). The summed E-state index contributed by atoms with van der Waals surface area (Å²) in [7, 11) is 0. The van der Waals surface area contributed by atoms with Crippen molar-refractivity contribution in [3.63, 3.8) is 0 Å². The molecule has 0 unspecified atom stereocenters. The molecule has 2 aromatic heterocycles. The molecule has 0 aliphatic carbocycles. The maximum absolute atomic E-state index is 12.6. The summed E-state index contributed by atoms with van der Waals surface area (Å²) in [4.78, 5) is 42.0. The highest BCUT2D eigenvalue weighted by Crippen LogP contribution is 2.36. The summed E-state index contributed by atoms with van der Waals surface area (Å²) in [6, 6.07) is 17.2. The number of unbranched alkanes of at least 4 members (excludes halogenated alkanes) is 2. The molecule has 4 heterocycles. The Morgan fingerprint density at radius 2 is 1.51 bits per heavy atom. The molecule has 0 spiro atoms. The molecule has 1 N–H and O–H groups in total. The van der Waals surface area contributed by atoms with E-state index in [0.29, 0.717) is 23.6 Å². The molecule has 43 heavy (non-hydrogen) atoms. The van der Waals surface area contributed by atoms with Gasteiger partial charge in [0.05, 0.1) is 22.5 Å². The van der Waals surface area contributed by atoms with E-state index in [9.17, 15) is 9.59 Å². The average molecular weight is 598 g/mol. The predicted molar refractivity (Wildman–Crippen MR) is 172 cm³/mol. The average Bonchev–Trinajstić information content (AvgIpc) is 3.60. The first-order valence-corrected chi connectivity index (χ1v) is 15.8. The monoisotopic (exact) mass is 597 g/mol. The van der Waals surface area contributed by atoms with Gasteiger partial charge in [-0.05, 0) is 88.1 Å². The minimum absolute atomic E-state index is 0.161. The maximum Gasteiger partial charge on any atom is 0.261 e. The number of imide groups is 1. The fourth-order valence-corrected chi connectivity index (χ4v) is 6.10. The second-order valence-corrected chi connectivity index (χ2v) is 11.4. The van der Waals surface area contributed by atoms with Crippen LogP contribution in [0.1, 0.15) is 84.0 Å². The lowest BCUT2D eigenvalue weighted by atomic mass is 9.96. The number of fused-ring (bicyclic) bond motifs is 1. The first-order valence-electron chi connectivity index (χ1n) is 15.4. The number of piperidine rings is 1. The number of H-pyrrole nitrogens is 1. The molecule has 1 fully saturated rings. The van der Waals surface area contributed by atoms with Gasteiger partial charge in [-0.25, -0.2) is 4.98 Å². The summed E-state index contributed by atoms with van der Waals surface area (Å²) < 4.78 is 0. The summed E-state index contributed by atoms with van der Waals surface area (Å²) in [5.74, 6) is 1.08. The Bertz CT molecular complexity index is 1520. The van der Waals surface area contributed by atoms with E-state index in [1.54, 1.807) is 24.5 Å². The number of halogens is 1. The van der Waals surface area contributed by atoms with Gasteiger partial charge in [-0.1, -0.05) is 56.1 Å². The molecule has 8 heteroatoms. The summed E-state index contributed by atoms with van der Waals surface area (Å²) in [5, 5.41) is 0.741. The van der Waals surface area contributed by atoms with Gasteiger partial charge >= 0.3 is 0 Å². The fraction of sp³-hybridized carbons (Fsp3) is 0.371. The van der Waals surface area contributed by atoms with Gasteiger partial charge in [0.15, 0.2) is 0 Å².